The van der Waals surface area contributed by atoms with E-state index in [1.165, 1.54) is 11.1 Å². The summed E-state index contributed by atoms with van der Waals surface area (Å²) in [4.78, 5) is 16.9. The van der Waals surface area contributed by atoms with E-state index in [2.05, 4.69) is 52.4 Å². The van der Waals surface area contributed by atoms with Crippen LogP contribution in [0.3, 0.4) is 0 Å². The Labute approximate surface area is 168 Å². The number of nitrogens with one attached hydrogen (secondary N) is 1. The molecule has 28 heavy (non-hydrogen) atoms. The maximum absolute atomic E-state index is 12.0. The molecule has 0 atom stereocenters. The lowest BCUT2D eigenvalue weighted by molar-refractivity contribution is -0.123. The summed E-state index contributed by atoms with van der Waals surface area (Å²) in [5.74, 6) is 0.671. The Morgan fingerprint density at radius 3 is 2.29 bits per heavy atom. The summed E-state index contributed by atoms with van der Waals surface area (Å²) in [6.45, 7) is 8.97. The molecule has 1 heterocycles. The van der Waals surface area contributed by atoms with Gasteiger partial charge in [0.2, 0.25) is 0 Å². The first kappa shape index (κ1) is 20.4. The quantitative estimate of drug-likeness (QED) is 0.725. The predicted octanol–water partition coefficient (Wildman–Crippen LogP) is 2.56. The first-order chi connectivity index (χ1) is 13.7. The molecule has 0 aromatic heterocycles. The fraction of sp³-hybridized carbons (Fsp3) is 0.435. The van der Waals surface area contributed by atoms with Crippen molar-refractivity contribution >= 4 is 5.91 Å². The molecule has 1 saturated heterocycles. The minimum Gasteiger partial charge on any atom is -0.484 e. The minimum atomic E-state index is -0.0673. The number of nitrogens with zero attached hydrogens (tertiary/aromatic N) is 2. The molecule has 1 aliphatic rings. The number of hydrogen-bond donors (Lipinski definition) is 1. The maximum atomic E-state index is 12.0. The highest BCUT2D eigenvalue weighted by Crippen LogP contribution is 2.12. The van der Waals surface area contributed by atoms with Crippen LogP contribution in [-0.4, -0.2) is 61.6 Å². The zero-order valence-corrected chi connectivity index (χ0v) is 16.8. The maximum Gasteiger partial charge on any atom is 0.257 e. The number of amides is 1. The second-order valence-corrected chi connectivity index (χ2v) is 7.24. The lowest BCUT2D eigenvalue weighted by Crippen LogP contribution is -2.48. The summed E-state index contributed by atoms with van der Waals surface area (Å²) >= 11 is 0. The molecule has 3 rings (SSSR count). The van der Waals surface area contributed by atoms with Crippen LogP contribution >= 0.6 is 0 Å². The van der Waals surface area contributed by atoms with E-state index in [4.69, 9.17) is 4.74 Å². The largest absolute Gasteiger partial charge is 0.484 e. The standard InChI is InChI=1S/C23H31N3O2/c1-2-20-8-10-22(11-9-20)28-19-23(27)24-12-13-25-14-16-26(17-15-25)18-21-6-4-3-5-7-21/h3-11H,2,12-19H2,1H3,(H,24,27). The summed E-state index contributed by atoms with van der Waals surface area (Å²) in [6.07, 6.45) is 1.00. The van der Waals surface area contributed by atoms with Gasteiger partial charge in [0.1, 0.15) is 5.75 Å². The molecule has 5 heteroatoms. The summed E-state index contributed by atoms with van der Waals surface area (Å²) in [6, 6.07) is 18.5. The van der Waals surface area contributed by atoms with Crippen LogP contribution in [0.5, 0.6) is 5.75 Å². The van der Waals surface area contributed by atoms with Crippen molar-refractivity contribution < 1.29 is 9.53 Å². The van der Waals surface area contributed by atoms with Gasteiger partial charge < -0.3 is 10.1 Å². The first-order valence-corrected chi connectivity index (χ1v) is 10.2. The second-order valence-electron chi connectivity index (χ2n) is 7.24. The van der Waals surface area contributed by atoms with Gasteiger partial charge in [-0.3, -0.25) is 14.6 Å². The van der Waals surface area contributed by atoms with Crippen LogP contribution in [0.15, 0.2) is 54.6 Å². The highest BCUT2D eigenvalue weighted by atomic mass is 16.5. The van der Waals surface area contributed by atoms with Gasteiger partial charge in [-0.15, -0.1) is 0 Å². The van der Waals surface area contributed by atoms with Crippen LogP contribution in [0.25, 0.3) is 0 Å². The van der Waals surface area contributed by atoms with Gasteiger partial charge in [0.05, 0.1) is 0 Å². The zero-order chi connectivity index (χ0) is 19.6. The van der Waals surface area contributed by atoms with Crippen LogP contribution in [0, 0.1) is 0 Å². The molecule has 2 aromatic carbocycles. The molecule has 1 N–H and O–H groups in total. The van der Waals surface area contributed by atoms with Crippen LogP contribution in [0.1, 0.15) is 18.1 Å². The molecule has 0 saturated carbocycles. The number of piperazine rings is 1. The van der Waals surface area contributed by atoms with Crippen LogP contribution in [0.4, 0.5) is 0 Å². The van der Waals surface area contributed by atoms with Gasteiger partial charge in [-0.1, -0.05) is 49.4 Å². The highest BCUT2D eigenvalue weighted by Gasteiger charge is 2.16. The van der Waals surface area contributed by atoms with E-state index in [0.29, 0.717) is 6.54 Å². The smallest absolute Gasteiger partial charge is 0.257 e. The number of carbonyl (C=O) groups excluding carboxylic acids is 1. The van der Waals surface area contributed by atoms with Crippen LogP contribution < -0.4 is 10.1 Å². The van der Waals surface area contributed by atoms with Gasteiger partial charge in [-0.05, 0) is 29.7 Å². The first-order valence-electron chi connectivity index (χ1n) is 10.2. The summed E-state index contributed by atoms with van der Waals surface area (Å²) in [5, 5.41) is 2.95. The molecule has 1 amide bonds. The molecule has 0 spiro atoms. The van der Waals surface area contributed by atoms with E-state index in [-0.39, 0.29) is 12.5 Å². The number of carbonyl (C=O) groups is 1. The van der Waals surface area contributed by atoms with Crippen LogP contribution in [0.2, 0.25) is 0 Å². The van der Waals surface area contributed by atoms with E-state index < -0.39 is 0 Å². The Morgan fingerprint density at radius 1 is 0.929 bits per heavy atom. The fourth-order valence-electron chi connectivity index (χ4n) is 3.39. The molecule has 0 unspecified atom stereocenters. The Morgan fingerprint density at radius 2 is 1.61 bits per heavy atom. The van der Waals surface area contributed by atoms with E-state index in [9.17, 15) is 4.79 Å². The number of aryl methyl sites for hydroxylation is 1. The predicted molar refractivity (Wildman–Crippen MR) is 112 cm³/mol. The molecule has 1 fully saturated rings. The third-order valence-corrected chi connectivity index (χ3v) is 5.17. The van der Waals surface area contributed by atoms with Gasteiger partial charge in [0, 0.05) is 45.8 Å². The van der Waals surface area contributed by atoms with Crippen molar-refractivity contribution in [3.05, 3.63) is 65.7 Å². The minimum absolute atomic E-state index is 0.0658. The average Bonchev–Trinajstić information content (AvgIpc) is 2.74. The van der Waals surface area contributed by atoms with Crippen molar-refractivity contribution in [2.45, 2.75) is 19.9 Å². The summed E-state index contributed by atoms with van der Waals surface area (Å²) < 4.78 is 5.55. The topological polar surface area (TPSA) is 44.8 Å². The van der Waals surface area contributed by atoms with Gasteiger partial charge in [-0.25, -0.2) is 0 Å². The van der Waals surface area contributed by atoms with Crippen molar-refractivity contribution in [1.29, 1.82) is 0 Å². The molecular weight excluding hydrogens is 350 g/mol. The molecule has 5 nitrogen and oxygen atoms in total. The molecule has 0 radical (unpaired) electrons. The van der Waals surface area contributed by atoms with Crippen molar-refractivity contribution in [3.63, 3.8) is 0 Å². The van der Waals surface area contributed by atoms with E-state index in [0.717, 1.165) is 51.4 Å². The lowest BCUT2D eigenvalue weighted by Gasteiger charge is -2.34. The van der Waals surface area contributed by atoms with E-state index in [1.54, 1.807) is 0 Å². The van der Waals surface area contributed by atoms with Crippen molar-refractivity contribution in [3.8, 4) is 5.75 Å². The van der Waals surface area contributed by atoms with Crippen molar-refractivity contribution in [1.82, 2.24) is 15.1 Å². The molecule has 0 bridgehead atoms. The average molecular weight is 382 g/mol. The zero-order valence-electron chi connectivity index (χ0n) is 16.8. The highest BCUT2D eigenvalue weighted by molar-refractivity contribution is 5.77. The molecule has 0 aliphatic carbocycles. The van der Waals surface area contributed by atoms with E-state index >= 15 is 0 Å². The fourth-order valence-corrected chi connectivity index (χ4v) is 3.39. The third-order valence-electron chi connectivity index (χ3n) is 5.17. The number of rotatable bonds is 9. The monoisotopic (exact) mass is 381 g/mol. The Hall–Kier alpha value is -2.37. The van der Waals surface area contributed by atoms with Gasteiger partial charge in [-0.2, -0.15) is 0 Å². The van der Waals surface area contributed by atoms with Gasteiger partial charge in [0.15, 0.2) is 6.61 Å². The Bertz CT molecular complexity index is 710. The lowest BCUT2D eigenvalue weighted by atomic mass is 10.2. The molecular formula is C23H31N3O2. The van der Waals surface area contributed by atoms with Crippen molar-refractivity contribution in [2.75, 3.05) is 45.9 Å². The van der Waals surface area contributed by atoms with Gasteiger partial charge >= 0.3 is 0 Å². The molecule has 2 aromatic rings. The third kappa shape index (κ3) is 6.66. The number of benzene rings is 2. The van der Waals surface area contributed by atoms with Crippen molar-refractivity contribution in [2.24, 2.45) is 0 Å². The number of hydrogen-bond acceptors (Lipinski definition) is 4. The summed E-state index contributed by atoms with van der Waals surface area (Å²) in [5.41, 5.74) is 2.63. The van der Waals surface area contributed by atoms with Gasteiger partial charge in [0.25, 0.3) is 5.91 Å². The molecule has 150 valence electrons. The second kappa shape index (κ2) is 10.8. The Balaban J connectivity index is 1.27. The number of ether oxygens (including phenoxy) is 1. The van der Waals surface area contributed by atoms with E-state index in [1.807, 2.05) is 24.3 Å². The Kier molecular flexibility index (Phi) is 7.88. The van der Waals surface area contributed by atoms with Crippen LogP contribution in [-0.2, 0) is 17.8 Å². The molecule has 1 aliphatic heterocycles. The SMILES string of the molecule is CCc1ccc(OCC(=O)NCCN2CCN(Cc3ccccc3)CC2)cc1. The summed E-state index contributed by atoms with van der Waals surface area (Å²) in [7, 11) is 0. The normalized spacial score (nSPS) is 15.3.